The van der Waals surface area contributed by atoms with Gasteiger partial charge in [0, 0.05) is 0 Å². The van der Waals surface area contributed by atoms with E-state index in [2.05, 4.69) is 5.32 Å². The second-order valence-corrected chi connectivity index (χ2v) is 4.20. The standard InChI is InChI=1S/C13H21N3O2/c14-8-4-7-11(13(15)18)16-12(9-17)10-5-2-1-3-6-10/h1-3,5-6,11-12,16-17H,4,7-9,14H2,(H2,15,18)/t11-,12?/m0/s1. The van der Waals surface area contributed by atoms with Crippen LogP contribution >= 0.6 is 0 Å². The number of hydrogen-bond acceptors (Lipinski definition) is 4. The van der Waals surface area contributed by atoms with E-state index in [4.69, 9.17) is 11.5 Å². The first kappa shape index (κ1) is 14.6. The van der Waals surface area contributed by atoms with Crippen molar-refractivity contribution in [2.45, 2.75) is 24.9 Å². The van der Waals surface area contributed by atoms with Gasteiger partial charge in [-0.1, -0.05) is 30.3 Å². The fourth-order valence-electron chi connectivity index (χ4n) is 1.81. The van der Waals surface area contributed by atoms with Gasteiger partial charge >= 0.3 is 0 Å². The van der Waals surface area contributed by atoms with Gasteiger partial charge in [0.25, 0.3) is 0 Å². The SMILES string of the molecule is NCCC[C@H](NC(CO)c1ccccc1)C(N)=O. The van der Waals surface area contributed by atoms with Crippen molar-refractivity contribution >= 4 is 5.91 Å². The lowest BCUT2D eigenvalue weighted by atomic mass is 10.0. The molecule has 0 aromatic heterocycles. The Balaban J connectivity index is 2.68. The Hall–Kier alpha value is -1.43. The number of aliphatic hydroxyl groups excluding tert-OH is 1. The monoisotopic (exact) mass is 251 g/mol. The van der Waals surface area contributed by atoms with E-state index in [1.165, 1.54) is 0 Å². The summed E-state index contributed by atoms with van der Waals surface area (Å²) in [6.45, 7) is 0.428. The van der Waals surface area contributed by atoms with Crippen molar-refractivity contribution in [3.05, 3.63) is 35.9 Å². The number of nitrogens with two attached hydrogens (primary N) is 2. The lowest BCUT2D eigenvalue weighted by molar-refractivity contribution is -0.120. The zero-order valence-corrected chi connectivity index (χ0v) is 10.4. The van der Waals surface area contributed by atoms with Gasteiger partial charge in [0.2, 0.25) is 5.91 Å². The van der Waals surface area contributed by atoms with Crippen molar-refractivity contribution in [2.24, 2.45) is 11.5 Å². The van der Waals surface area contributed by atoms with Crippen LogP contribution in [0, 0.1) is 0 Å². The first-order chi connectivity index (χ1) is 8.69. The minimum Gasteiger partial charge on any atom is -0.394 e. The number of hydrogen-bond donors (Lipinski definition) is 4. The molecule has 0 radical (unpaired) electrons. The van der Waals surface area contributed by atoms with Crippen LogP contribution in [0.15, 0.2) is 30.3 Å². The molecule has 0 bridgehead atoms. The Morgan fingerprint density at radius 2 is 2.00 bits per heavy atom. The van der Waals surface area contributed by atoms with Crippen LogP contribution in [-0.4, -0.2) is 30.2 Å². The molecule has 0 spiro atoms. The first-order valence-corrected chi connectivity index (χ1v) is 6.10. The summed E-state index contributed by atoms with van der Waals surface area (Å²) in [4.78, 5) is 11.3. The lowest BCUT2D eigenvalue weighted by Crippen LogP contribution is -2.44. The van der Waals surface area contributed by atoms with Gasteiger partial charge in [-0.05, 0) is 24.9 Å². The number of primary amides is 1. The summed E-state index contributed by atoms with van der Waals surface area (Å²) in [5.41, 5.74) is 11.7. The third-order valence-electron chi connectivity index (χ3n) is 2.83. The average molecular weight is 251 g/mol. The molecular weight excluding hydrogens is 230 g/mol. The predicted molar refractivity (Wildman–Crippen MR) is 70.7 cm³/mol. The fourth-order valence-corrected chi connectivity index (χ4v) is 1.81. The highest BCUT2D eigenvalue weighted by Crippen LogP contribution is 2.13. The van der Waals surface area contributed by atoms with Crippen molar-refractivity contribution in [3.8, 4) is 0 Å². The Morgan fingerprint density at radius 1 is 1.33 bits per heavy atom. The highest BCUT2D eigenvalue weighted by molar-refractivity contribution is 5.79. The van der Waals surface area contributed by atoms with Gasteiger partial charge in [-0.3, -0.25) is 10.1 Å². The smallest absolute Gasteiger partial charge is 0.234 e. The summed E-state index contributed by atoms with van der Waals surface area (Å²) in [5.74, 6) is -0.419. The lowest BCUT2D eigenvalue weighted by Gasteiger charge is -2.22. The highest BCUT2D eigenvalue weighted by Gasteiger charge is 2.19. The van der Waals surface area contributed by atoms with Crippen LogP contribution in [-0.2, 0) is 4.79 Å². The number of amides is 1. The fraction of sp³-hybridized carbons (Fsp3) is 0.462. The van der Waals surface area contributed by atoms with Crippen molar-refractivity contribution < 1.29 is 9.90 Å². The van der Waals surface area contributed by atoms with E-state index < -0.39 is 11.9 Å². The molecule has 100 valence electrons. The number of rotatable bonds is 8. The maximum absolute atomic E-state index is 11.3. The van der Waals surface area contributed by atoms with E-state index in [9.17, 15) is 9.90 Å². The van der Waals surface area contributed by atoms with Gasteiger partial charge in [0.05, 0.1) is 18.7 Å². The quantitative estimate of drug-likeness (QED) is 0.518. The molecule has 5 nitrogen and oxygen atoms in total. The first-order valence-electron chi connectivity index (χ1n) is 6.10. The maximum Gasteiger partial charge on any atom is 0.234 e. The third-order valence-corrected chi connectivity index (χ3v) is 2.83. The van der Waals surface area contributed by atoms with Crippen LogP contribution in [0.3, 0.4) is 0 Å². The predicted octanol–water partition coefficient (Wildman–Crippen LogP) is -0.0976. The van der Waals surface area contributed by atoms with E-state index in [0.29, 0.717) is 19.4 Å². The molecular formula is C13H21N3O2. The van der Waals surface area contributed by atoms with Crippen molar-refractivity contribution in [1.82, 2.24) is 5.32 Å². The third kappa shape index (κ3) is 4.44. The zero-order valence-electron chi connectivity index (χ0n) is 10.4. The molecule has 2 atom stereocenters. The van der Waals surface area contributed by atoms with Crippen LogP contribution in [0.1, 0.15) is 24.4 Å². The molecule has 18 heavy (non-hydrogen) atoms. The summed E-state index contributed by atoms with van der Waals surface area (Å²) in [6, 6.07) is 8.71. The highest BCUT2D eigenvalue weighted by atomic mass is 16.3. The summed E-state index contributed by atoms with van der Waals surface area (Å²) in [7, 11) is 0. The van der Waals surface area contributed by atoms with E-state index in [1.54, 1.807) is 0 Å². The van der Waals surface area contributed by atoms with Gasteiger partial charge in [-0.15, -0.1) is 0 Å². The molecule has 0 aliphatic rings. The largest absolute Gasteiger partial charge is 0.394 e. The number of carbonyl (C=O) groups excluding carboxylic acids is 1. The molecule has 1 unspecified atom stereocenters. The van der Waals surface area contributed by atoms with Crippen LogP contribution in [0.25, 0.3) is 0 Å². The van der Waals surface area contributed by atoms with Crippen LogP contribution in [0.2, 0.25) is 0 Å². The van der Waals surface area contributed by atoms with Gasteiger partial charge in [-0.2, -0.15) is 0 Å². The minimum absolute atomic E-state index is 0.0869. The molecule has 6 N–H and O–H groups in total. The Labute approximate surface area is 107 Å². The molecule has 0 aliphatic heterocycles. The summed E-state index contributed by atoms with van der Waals surface area (Å²) in [6.07, 6.45) is 1.29. The molecule has 0 saturated carbocycles. The molecule has 5 heteroatoms. The van der Waals surface area contributed by atoms with Crippen LogP contribution < -0.4 is 16.8 Å². The van der Waals surface area contributed by atoms with Crippen molar-refractivity contribution in [1.29, 1.82) is 0 Å². The molecule has 0 saturated heterocycles. The Bertz CT molecular complexity index is 357. The van der Waals surface area contributed by atoms with E-state index in [0.717, 1.165) is 5.56 Å². The average Bonchev–Trinajstić information content (AvgIpc) is 2.39. The minimum atomic E-state index is -0.467. The maximum atomic E-state index is 11.3. The van der Waals surface area contributed by atoms with E-state index in [-0.39, 0.29) is 12.6 Å². The second-order valence-electron chi connectivity index (χ2n) is 4.20. The van der Waals surface area contributed by atoms with E-state index in [1.807, 2.05) is 30.3 Å². The summed E-state index contributed by atoms with van der Waals surface area (Å²) < 4.78 is 0. The van der Waals surface area contributed by atoms with Gasteiger partial charge in [0.15, 0.2) is 0 Å². The second kappa shape index (κ2) is 7.81. The molecule has 0 fully saturated rings. The Morgan fingerprint density at radius 3 is 2.50 bits per heavy atom. The van der Waals surface area contributed by atoms with Crippen LogP contribution in [0.4, 0.5) is 0 Å². The van der Waals surface area contributed by atoms with Gasteiger partial charge in [0.1, 0.15) is 0 Å². The number of benzene rings is 1. The van der Waals surface area contributed by atoms with Crippen molar-refractivity contribution in [2.75, 3.05) is 13.2 Å². The Kier molecular flexibility index (Phi) is 6.35. The number of carbonyl (C=O) groups is 1. The topological polar surface area (TPSA) is 101 Å². The van der Waals surface area contributed by atoms with Crippen LogP contribution in [0.5, 0.6) is 0 Å². The molecule has 1 amide bonds. The zero-order chi connectivity index (χ0) is 13.4. The molecule has 1 rings (SSSR count). The number of nitrogens with one attached hydrogen (secondary N) is 1. The summed E-state index contributed by atoms with van der Waals surface area (Å²) >= 11 is 0. The number of aliphatic hydroxyl groups is 1. The molecule has 0 aliphatic carbocycles. The van der Waals surface area contributed by atoms with Gasteiger partial charge in [-0.25, -0.2) is 0 Å². The molecule has 1 aromatic rings. The van der Waals surface area contributed by atoms with E-state index >= 15 is 0 Å². The van der Waals surface area contributed by atoms with Gasteiger partial charge < -0.3 is 16.6 Å². The molecule has 1 aromatic carbocycles. The normalized spacial score (nSPS) is 14.1. The molecule has 0 heterocycles. The summed E-state index contributed by atoms with van der Waals surface area (Å²) in [5, 5.41) is 12.5. The van der Waals surface area contributed by atoms with Crippen molar-refractivity contribution in [3.63, 3.8) is 0 Å².